The van der Waals surface area contributed by atoms with Crippen molar-refractivity contribution in [1.82, 2.24) is 9.67 Å². The Morgan fingerprint density at radius 3 is 2.27 bits per heavy atom. The zero-order valence-corrected chi connectivity index (χ0v) is 18.4. The third-order valence-corrected chi connectivity index (χ3v) is 6.30. The lowest BCUT2D eigenvalue weighted by Crippen LogP contribution is -2.74. The van der Waals surface area contributed by atoms with Crippen molar-refractivity contribution >= 4 is 29.2 Å². The summed E-state index contributed by atoms with van der Waals surface area (Å²) in [5, 5.41) is 1.24. The zero-order valence-electron chi connectivity index (χ0n) is 18.4. The van der Waals surface area contributed by atoms with Gasteiger partial charge in [-0.3, -0.25) is 0 Å². The second-order valence-electron chi connectivity index (χ2n) is 8.87. The molecule has 2 aromatic carbocycles. The molecule has 1 aliphatic rings. The highest BCUT2D eigenvalue weighted by molar-refractivity contribution is 6.70. The van der Waals surface area contributed by atoms with Crippen LogP contribution in [0.4, 0.5) is 5.82 Å². The maximum absolute atomic E-state index is 4.79. The first kappa shape index (κ1) is 18.9. The summed E-state index contributed by atoms with van der Waals surface area (Å²) in [5.74, 6) is 1.89. The van der Waals surface area contributed by atoms with Gasteiger partial charge in [0.15, 0.2) is 5.82 Å². The van der Waals surface area contributed by atoms with E-state index in [4.69, 9.17) is 4.98 Å². The third-order valence-electron chi connectivity index (χ3n) is 6.30. The first-order chi connectivity index (χ1) is 14.5. The molecule has 1 aliphatic heterocycles. The van der Waals surface area contributed by atoms with E-state index >= 15 is 0 Å². The number of fused-ring (bicyclic) bond motifs is 5. The van der Waals surface area contributed by atoms with E-state index in [0.29, 0.717) is 11.8 Å². The Labute approximate surface area is 178 Å². The van der Waals surface area contributed by atoms with Gasteiger partial charge in [-0.2, -0.15) is 4.59 Å². The first-order valence-corrected chi connectivity index (χ1v) is 10.8. The van der Waals surface area contributed by atoms with Gasteiger partial charge < -0.3 is 4.81 Å². The quantitative estimate of drug-likeness (QED) is 0.485. The lowest BCUT2D eigenvalue weighted by atomic mass is 9.59. The molecule has 4 aromatic rings. The summed E-state index contributed by atoms with van der Waals surface area (Å²) in [4.78, 5) is 7.13. The average Bonchev–Trinajstić information content (AvgIpc) is 3.13. The maximum Gasteiger partial charge on any atom is 0.678 e. The van der Waals surface area contributed by atoms with Gasteiger partial charge in [-0.15, -0.1) is 4.68 Å². The number of nitrogens with zero attached hydrogens (tertiary/aromatic N) is 4. The molecule has 0 saturated carbocycles. The molecule has 0 amide bonds. The van der Waals surface area contributed by atoms with Gasteiger partial charge in [-0.05, 0) is 41.2 Å². The van der Waals surface area contributed by atoms with Gasteiger partial charge >= 0.3 is 6.98 Å². The number of anilines is 1. The molecule has 4 nitrogen and oxygen atoms in total. The van der Waals surface area contributed by atoms with Crippen molar-refractivity contribution in [2.45, 2.75) is 39.5 Å². The van der Waals surface area contributed by atoms with E-state index in [2.05, 4.69) is 104 Å². The minimum absolute atomic E-state index is 0.0308. The number of aromatic nitrogens is 3. The highest BCUT2D eigenvalue weighted by Gasteiger charge is 2.50. The van der Waals surface area contributed by atoms with E-state index in [0.717, 1.165) is 11.5 Å². The van der Waals surface area contributed by atoms with Gasteiger partial charge in [0.1, 0.15) is 5.69 Å². The molecule has 0 unspecified atom stereocenters. The topological polar surface area (TPSA) is 24.9 Å². The van der Waals surface area contributed by atoms with E-state index in [9.17, 15) is 0 Å². The summed E-state index contributed by atoms with van der Waals surface area (Å²) in [5.41, 5.74) is 6.55. The second kappa shape index (κ2) is 7.01. The Bertz CT molecular complexity index is 1210. The van der Waals surface area contributed by atoms with Gasteiger partial charge in [-0.1, -0.05) is 58.0 Å². The molecule has 150 valence electrons. The molecule has 0 radical (unpaired) electrons. The standard InChI is InChI=1S/C25H28BN4/c1-17(2)20-11-8-12-21(18(3)4)24(20)26-28(5)25-23(14-9-15-27-25)29-16-19-10-6-7-13-22(19)30(26)29/h6-18H,1-5H3/q+1. The van der Waals surface area contributed by atoms with Crippen LogP contribution < -0.4 is 14.9 Å². The number of pyridine rings is 1. The highest BCUT2D eigenvalue weighted by atomic mass is 15.4. The zero-order chi connectivity index (χ0) is 21.0. The van der Waals surface area contributed by atoms with Gasteiger partial charge in [-0.25, -0.2) is 4.98 Å². The van der Waals surface area contributed by atoms with Crippen molar-refractivity contribution in [2.75, 3.05) is 11.9 Å². The number of rotatable bonds is 3. The summed E-state index contributed by atoms with van der Waals surface area (Å²) in [6.07, 6.45) is 4.13. The SMILES string of the molecule is CC(C)c1cccc(C(C)C)c1B1N(C)c2ncccc2-n2cc3ccccc3[n+]21. The molecule has 0 spiro atoms. The molecule has 2 aromatic heterocycles. The monoisotopic (exact) mass is 395 g/mol. The third kappa shape index (κ3) is 2.68. The molecule has 0 fully saturated rings. The lowest BCUT2D eigenvalue weighted by molar-refractivity contribution is -0.595. The molecule has 0 saturated heterocycles. The predicted octanol–water partition coefficient (Wildman–Crippen LogP) is 4.25. The van der Waals surface area contributed by atoms with Crippen molar-refractivity contribution in [3.8, 4) is 5.69 Å². The largest absolute Gasteiger partial charge is 0.678 e. The van der Waals surface area contributed by atoms with Crippen molar-refractivity contribution in [3.05, 3.63) is 78.1 Å². The first-order valence-electron chi connectivity index (χ1n) is 10.8. The molecule has 0 bridgehead atoms. The van der Waals surface area contributed by atoms with Crippen LogP contribution in [0.5, 0.6) is 0 Å². The van der Waals surface area contributed by atoms with Crippen LogP contribution >= 0.6 is 0 Å². The Hall–Kier alpha value is -3.08. The Morgan fingerprint density at radius 2 is 1.57 bits per heavy atom. The molecule has 0 aliphatic carbocycles. The molecule has 5 rings (SSSR count). The van der Waals surface area contributed by atoms with Crippen LogP contribution in [0.2, 0.25) is 0 Å². The maximum atomic E-state index is 4.79. The molecule has 5 heteroatoms. The number of benzene rings is 2. The smallest absolute Gasteiger partial charge is 0.330 e. The van der Waals surface area contributed by atoms with Crippen LogP contribution in [0.25, 0.3) is 16.6 Å². The Balaban J connectivity index is 1.90. The van der Waals surface area contributed by atoms with Crippen molar-refractivity contribution in [3.63, 3.8) is 0 Å². The van der Waals surface area contributed by atoms with Crippen molar-refractivity contribution in [1.29, 1.82) is 0 Å². The van der Waals surface area contributed by atoms with Gasteiger partial charge in [0, 0.05) is 24.8 Å². The Kier molecular flexibility index (Phi) is 4.42. The van der Waals surface area contributed by atoms with Gasteiger partial charge in [0.2, 0.25) is 5.52 Å². The summed E-state index contributed by atoms with van der Waals surface area (Å²) in [7, 11) is 2.18. The summed E-state index contributed by atoms with van der Waals surface area (Å²) in [6, 6.07) is 19.6. The van der Waals surface area contributed by atoms with E-state index in [-0.39, 0.29) is 6.98 Å². The predicted molar refractivity (Wildman–Crippen MR) is 125 cm³/mol. The number of hydrogen-bond donors (Lipinski definition) is 0. The van der Waals surface area contributed by atoms with E-state index in [1.807, 2.05) is 12.3 Å². The molecular weight excluding hydrogens is 367 g/mol. The fourth-order valence-electron chi connectivity index (χ4n) is 4.89. The number of para-hydroxylation sites is 1. The fourth-order valence-corrected chi connectivity index (χ4v) is 4.89. The molecule has 30 heavy (non-hydrogen) atoms. The lowest BCUT2D eigenvalue weighted by Gasteiger charge is -2.30. The number of hydrogen-bond acceptors (Lipinski definition) is 2. The van der Waals surface area contributed by atoms with E-state index in [1.54, 1.807) is 0 Å². The molecule has 0 atom stereocenters. The fraction of sp³-hybridized carbons (Fsp3) is 0.280. The molecule has 0 N–H and O–H groups in total. The summed E-state index contributed by atoms with van der Waals surface area (Å²) >= 11 is 0. The van der Waals surface area contributed by atoms with Crippen LogP contribution in [0.1, 0.15) is 50.7 Å². The molecule has 3 heterocycles. The van der Waals surface area contributed by atoms with E-state index < -0.39 is 0 Å². The van der Waals surface area contributed by atoms with Gasteiger partial charge in [0.25, 0.3) is 0 Å². The second-order valence-corrected chi connectivity index (χ2v) is 8.87. The van der Waals surface area contributed by atoms with Gasteiger partial charge in [0.05, 0.1) is 11.6 Å². The van der Waals surface area contributed by atoms with Crippen LogP contribution in [0.3, 0.4) is 0 Å². The average molecular weight is 395 g/mol. The minimum atomic E-state index is 0.0308. The van der Waals surface area contributed by atoms with Crippen molar-refractivity contribution in [2.24, 2.45) is 0 Å². The Morgan fingerprint density at radius 1 is 0.867 bits per heavy atom. The highest BCUT2D eigenvalue weighted by Crippen LogP contribution is 2.28. The van der Waals surface area contributed by atoms with Crippen molar-refractivity contribution < 1.29 is 4.59 Å². The van der Waals surface area contributed by atoms with Crippen LogP contribution in [0, 0.1) is 0 Å². The van der Waals surface area contributed by atoms with Crippen LogP contribution in [-0.2, 0) is 0 Å². The van der Waals surface area contributed by atoms with Crippen LogP contribution in [-0.4, -0.2) is 23.7 Å². The van der Waals surface area contributed by atoms with Crippen LogP contribution in [0.15, 0.2) is 67.0 Å². The summed E-state index contributed by atoms with van der Waals surface area (Å²) in [6.45, 7) is 9.20. The summed E-state index contributed by atoms with van der Waals surface area (Å²) < 4.78 is 4.73. The normalized spacial score (nSPS) is 13.3. The van der Waals surface area contributed by atoms with E-state index in [1.165, 1.54) is 27.5 Å². The molecular formula is C25H28BN4+. The minimum Gasteiger partial charge on any atom is -0.330 e.